The molecule has 0 radical (unpaired) electrons. The molecule has 1 aromatic heterocycles. The maximum absolute atomic E-state index is 12.5. The molecular weight excluding hydrogens is 339 g/mol. The monoisotopic (exact) mass is 357 g/mol. The molecule has 9 heteroatoms. The van der Waals surface area contributed by atoms with Gasteiger partial charge in [-0.25, -0.2) is 0 Å². The third-order valence-electron chi connectivity index (χ3n) is 3.18. The Morgan fingerprint density at radius 1 is 1.16 bits per heavy atom. The van der Waals surface area contributed by atoms with Gasteiger partial charge in [-0.1, -0.05) is 6.07 Å². The highest BCUT2D eigenvalue weighted by Crippen LogP contribution is 2.29. The lowest BCUT2D eigenvalue weighted by molar-refractivity contribution is -0.141. The Labute approximate surface area is 142 Å². The molecule has 2 rings (SSSR count). The van der Waals surface area contributed by atoms with Gasteiger partial charge in [0, 0.05) is 12.6 Å². The molecule has 0 fully saturated rings. The smallest absolute Gasteiger partial charge is 0.432 e. The van der Waals surface area contributed by atoms with Crippen LogP contribution in [0.5, 0.6) is 11.5 Å². The highest BCUT2D eigenvalue weighted by Gasteiger charge is 2.33. The molecule has 25 heavy (non-hydrogen) atoms. The number of nitrogens with one attached hydrogen (secondary N) is 2. The molecule has 136 valence electrons. The lowest BCUT2D eigenvalue weighted by Gasteiger charge is -2.12. The fourth-order valence-corrected chi connectivity index (χ4v) is 2.06. The predicted molar refractivity (Wildman–Crippen MR) is 83.5 cm³/mol. The van der Waals surface area contributed by atoms with E-state index in [0.717, 1.165) is 0 Å². The summed E-state index contributed by atoms with van der Waals surface area (Å²) < 4.78 is 48.4. The third kappa shape index (κ3) is 4.88. The second kappa shape index (κ2) is 7.91. The number of carbonyl (C=O) groups is 1. The number of carbonyl (C=O) groups excluding carboxylic acids is 1. The number of amides is 1. The number of hydrogen-bond acceptors (Lipinski definition) is 4. The second-order valence-electron chi connectivity index (χ2n) is 4.99. The molecule has 0 spiro atoms. The van der Waals surface area contributed by atoms with E-state index in [9.17, 15) is 18.0 Å². The van der Waals surface area contributed by atoms with Crippen LogP contribution in [0.4, 0.5) is 13.2 Å². The fraction of sp³-hybridized carbons (Fsp3) is 0.375. The first kappa shape index (κ1) is 18.6. The summed E-state index contributed by atoms with van der Waals surface area (Å²) in [5, 5.41) is 7.69. The molecule has 2 aromatic rings. The molecule has 0 unspecified atom stereocenters. The maximum Gasteiger partial charge on any atom is 0.432 e. The Bertz CT molecular complexity index is 729. The Balaban J connectivity index is 2.04. The molecule has 0 bridgehead atoms. The number of halogens is 3. The van der Waals surface area contributed by atoms with E-state index in [1.54, 1.807) is 23.3 Å². The number of alkyl halides is 3. The van der Waals surface area contributed by atoms with Crippen molar-refractivity contribution >= 4 is 5.91 Å². The van der Waals surface area contributed by atoms with Crippen LogP contribution in [0.15, 0.2) is 24.3 Å². The standard InChI is InChI=1S/C16H18F3N3O3/c1-3-24-12-6-5-10(7-13(12)25-4-2)9-20-15(23)11-8-14(22-21-11)16(17,18)19/h5-8H,3-4,9H2,1-2H3,(H,20,23)(H,21,22). The fourth-order valence-electron chi connectivity index (χ4n) is 2.06. The highest BCUT2D eigenvalue weighted by molar-refractivity contribution is 5.92. The molecule has 0 aliphatic carbocycles. The van der Waals surface area contributed by atoms with Gasteiger partial charge in [-0.3, -0.25) is 9.89 Å². The van der Waals surface area contributed by atoms with Crippen molar-refractivity contribution in [1.82, 2.24) is 15.5 Å². The van der Waals surface area contributed by atoms with Crippen LogP contribution in [0, 0.1) is 0 Å². The summed E-state index contributed by atoms with van der Waals surface area (Å²) >= 11 is 0. The SMILES string of the molecule is CCOc1ccc(CNC(=O)c2cc(C(F)(F)F)[nH]n2)cc1OCC. The van der Waals surface area contributed by atoms with Crippen molar-refractivity contribution in [2.45, 2.75) is 26.6 Å². The van der Waals surface area contributed by atoms with Crippen LogP contribution in [-0.4, -0.2) is 29.3 Å². The first-order valence-corrected chi connectivity index (χ1v) is 7.64. The van der Waals surface area contributed by atoms with Crippen LogP contribution in [0.3, 0.4) is 0 Å². The van der Waals surface area contributed by atoms with Gasteiger partial charge in [0.05, 0.1) is 13.2 Å². The van der Waals surface area contributed by atoms with Crippen LogP contribution in [0.2, 0.25) is 0 Å². The van der Waals surface area contributed by atoms with Gasteiger partial charge >= 0.3 is 6.18 Å². The maximum atomic E-state index is 12.5. The summed E-state index contributed by atoms with van der Waals surface area (Å²) in [5.41, 5.74) is -0.688. The zero-order valence-electron chi connectivity index (χ0n) is 13.7. The third-order valence-corrected chi connectivity index (χ3v) is 3.18. The number of aromatic amines is 1. The lowest BCUT2D eigenvalue weighted by atomic mass is 10.2. The highest BCUT2D eigenvalue weighted by atomic mass is 19.4. The largest absolute Gasteiger partial charge is 0.490 e. The minimum atomic E-state index is -4.58. The molecule has 1 heterocycles. The van der Waals surface area contributed by atoms with Gasteiger partial charge in [0.1, 0.15) is 5.69 Å². The number of aromatic nitrogens is 2. The van der Waals surface area contributed by atoms with E-state index in [4.69, 9.17) is 9.47 Å². The normalized spacial score (nSPS) is 11.2. The summed E-state index contributed by atoms with van der Waals surface area (Å²) in [6.07, 6.45) is -4.58. The van der Waals surface area contributed by atoms with Crippen molar-refractivity contribution in [3.8, 4) is 11.5 Å². The lowest BCUT2D eigenvalue weighted by Crippen LogP contribution is -2.23. The molecule has 0 aliphatic rings. The Morgan fingerprint density at radius 3 is 2.44 bits per heavy atom. The molecule has 1 aromatic carbocycles. The molecule has 6 nitrogen and oxygen atoms in total. The van der Waals surface area contributed by atoms with Crippen molar-refractivity contribution in [2.24, 2.45) is 0 Å². The quantitative estimate of drug-likeness (QED) is 0.798. The average molecular weight is 357 g/mol. The molecule has 2 N–H and O–H groups in total. The Hall–Kier alpha value is -2.71. The van der Waals surface area contributed by atoms with E-state index in [-0.39, 0.29) is 12.2 Å². The second-order valence-corrected chi connectivity index (χ2v) is 4.99. The Morgan fingerprint density at radius 2 is 1.84 bits per heavy atom. The van der Waals surface area contributed by atoms with E-state index < -0.39 is 17.8 Å². The van der Waals surface area contributed by atoms with Gasteiger partial charge in [-0.2, -0.15) is 18.3 Å². The molecule has 0 aliphatic heterocycles. The topological polar surface area (TPSA) is 76.2 Å². The predicted octanol–water partition coefficient (Wildman–Crippen LogP) is 3.16. The number of ether oxygens (including phenoxy) is 2. The van der Waals surface area contributed by atoms with Crippen LogP contribution < -0.4 is 14.8 Å². The first-order valence-electron chi connectivity index (χ1n) is 7.64. The van der Waals surface area contributed by atoms with Crippen molar-refractivity contribution < 1.29 is 27.4 Å². The number of benzene rings is 1. The summed E-state index contributed by atoms with van der Waals surface area (Å²) in [4.78, 5) is 11.9. The molecule has 0 saturated carbocycles. The average Bonchev–Trinajstić information content (AvgIpc) is 3.05. The summed E-state index contributed by atoms with van der Waals surface area (Å²) in [5.74, 6) is 0.412. The summed E-state index contributed by atoms with van der Waals surface area (Å²) in [7, 11) is 0. The van der Waals surface area contributed by atoms with Crippen molar-refractivity contribution in [3.63, 3.8) is 0 Å². The van der Waals surface area contributed by atoms with E-state index in [0.29, 0.717) is 36.3 Å². The molecule has 0 saturated heterocycles. The van der Waals surface area contributed by atoms with Crippen molar-refractivity contribution in [1.29, 1.82) is 0 Å². The van der Waals surface area contributed by atoms with Gasteiger partial charge in [0.2, 0.25) is 0 Å². The molecule has 0 atom stereocenters. The van der Waals surface area contributed by atoms with Gasteiger partial charge in [-0.05, 0) is 31.5 Å². The van der Waals surface area contributed by atoms with Crippen molar-refractivity contribution in [2.75, 3.05) is 13.2 Å². The van der Waals surface area contributed by atoms with E-state index in [1.165, 1.54) is 0 Å². The van der Waals surface area contributed by atoms with Crippen LogP contribution >= 0.6 is 0 Å². The number of hydrogen-bond donors (Lipinski definition) is 2. The first-order chi connectivity index (χ1) is 11.8. The Kier molecular flexibility index (Phi) is 5.89. The minimum Gasteiger partial charge on any atom is -0.490 e. The van der Waals surface area contributed by atoms with Crippen LogP contribution in [-0.2, 0) is 12.7 Å². The van der Waals surface area contributed by atoms with Crippen molar-refractivity contribution in [3.05, 3.63) is 41.2 Å². The van der Waals surface area contributed by atoms with Crippen LogP contribution in [0.25, 0.3) is 0 Å². The molecular formula is C16H18F3N3O3. The van der Waals surface area contributed by atoms with E-state index in [1.807, 2.05) is 13.8 Å². The van der Waals surface area contributed by atoms with E-state index >= 15 is 0 Å². The van der Waals surface area contributed by atoms with E-state index in [2.05, 4.69) is 10.4 Å². The summed E-state index contributed by atoms with van der Waals surface area (Å²) in [6.45, 7) is 4.72. The number of rotatable bonds is 7. The van der Waals surface area contributed by atoms with Gasteiger partial charge in [0.15, 0.2) is 17.2 Å². The summed E-state index contributed by atoms with van der Waals surface area (Å²) in [6, 6.07) is 5.82. The van der Waals surface area contributed by atoms with Crippen LogP contribution in [0.1, 0.15) is 35.6 Å². The van der Waals surface area contributed by atoms with Gasteiger partial charge < -0.3 is 14.8 Å². The number of H-pyrrole nitrogens is 1. The van der Waals surface area contributed by atoms with Gasteiger partial charge in [-0.15, -0.1) is 0 Å². The zero-order valence-corrected chi connectivity index (χ0v) is 13.7. The molecule has 1 amide bonds. The van der Waals surface area contributed by atoms with Gasteiger partial charge in [0.25, 0.3) is 5.91 Å². The minimum absolute atomic E-state index is 0.111. The zero-order chi connectivity index (χ0) is 18.4. The number of nitrogens with zero attached hydrogens (tertiary/aromatic N) is 1.